The van der Waals surface area contributed by atoms with Crippen LogP contribution in [0.3, 0.4) is 0 Å². The lowest BCUT2D eigenvalue weighted by Gasteiger charge is -2.33. The maximum absolute atomic E-state index is 12.5. The van der Waals surface area contributed by atoms with Crippen molar-refractivity contribution in [2.75, 3.05) is 31.6 Å². The van der Waals surface area contributed by atoms with E-state index in [2.05, 4.69) is 19.4 Å². The quantitative estimate of drug-likeness (QED) is 0.844. The molecule has 0 spiro atoms. The summed E-state index contributed by atoms with van der Waals surface area (Å²) in [5, 5.41) is 5.30. The van der Waals surface area contributed by atoms with Crippen molar-refractivity contribution in [2.45, 2.75) is 26.7 Å². The maximum atomic E-state index is 12.5. The summed E-state index contributed by atoms with van der Waals surface area (Å²) < 4.78 is 5.99. The van der Waals surface area contributed by atoms with Crippen molar-refractivity contribution in [2.24, 2.45) is 13.0 Å². The average Bonchev–Trinajstić information content (AvgIpc) is 3.13. The van der Waals surface area contributed by atoms with Crippen molar-refractivity contribution in [3.05, 3.63) is 23.3 Å². The van der Waals surface area contributed by atoms with Gasteiger partial charge in [0, 0.05) is 51.0 Å². The van der Waals surface area contributed by atoms with E-state index in [4.69, 9.17) is 0 Å². The molecule has 1 aliphatic heterocycles. The number of aromatic nitrogens is 4. The Morgan fingerprint density at radius 3 is 2.62 bits per heavy atom. The van der Waals surface area contributed by atoms with Crippen molar-refractivity contribution in [3.63, 3.8) is 0 Å². The Morgan fingerprint density at radius 1 is 1.38 bits per heavy atom. The lowest BCUT2D eigenvalue weighted by molar-refractivity contribution is 0.0758. The molecule has 1 amide bonds. The summed E-state index contributed by atoms with van der Waals surface area (Å²) in [6.07, 6.45) is 2.13. The molecule has 130 valence electrons. The SMILES string of the molecule is Cc1nsc(N2CCC(CN(C)C(=O)c3cc(C)n(C)n3)CC2)n1. The number of anilines is 1. The number of carbonyl (C=O) groups excluding carboxylic acids is 1. The largest absolute Gasteiger partial charge is 0.347 e. The molecule has 0 N–H and O–H groups in total. The second-order valence-electron chi connectivity index (χ2n) is 6.53. The van der Waals surface area contributed by atoms with Crippen LogP contribution in [0.25, 0.3) is 0 Å². The number of amides is 1. The van der Waals surface area contributed by atoms with Crippen molar-refractivity contribution < 1.29 is 4.79 Å². The summed E-state index contributed by atoms with van der Waals surface area (Å²) >= 11 is 1.47. The molecule has 1 saturated heterocycles. The van der Waals surface area contributed by atoms with Crippen LogP contribution in [0.4, 0.5) is 5.13 Å². The van der Waals surface area contributed by atoms with Gasteiger partial charge in [-0.1, -0.05) is 0 Å². The van der Waals surface area contributed by atoms with Gasteiger partial charge in [0.05, 0.1) is 0 Å². The highest BCUT2D eigenvalue weighted by Crippen LogP contribution is 2.25. The molecule has 2 aromatic rings. The first-order valence-electron chi connectivity index (χ1n) is 8.25. The van der Waals surface area contributed by atoms with Crippen LogP contribution in [0.1, 0.15) is 34.8 Å². The van der Waals surface area contributed by atoms with Gasteiger partial charge in [-0.25, -0.2) is 4.98 Å². The van der Waals surface area contributed by atoms with Crippen LogP contribution in [0.15, 0.2) is 6.07 Å². The second-order valence-corrected chi connectivity index (χ2v) is 7.27. The number of aryl methyl sites for hydroxylation is 3. The zero-order chi connectivity index (χ0) is 17.3. The molecule has 0 aliphatic carbocycles. The van der Waals surface area contributed by atoms with Crippen molar-refractivity contribution >= 4 is 22.6 Å². The number of hydrogen-bond acceptors (Lipinski definition) is 6. The van der Waals surface area contributed by atoms with Crippen LogP contribution in [0.5, 0.6) is 0 Å². The Bertz CT molecular complexity index is 696. The molecular formula is C16H24N6OS. The van der Waals surface area contributed by atoms with Gasteiger partial charge in [0.1, 0.15) is 5.82 Å². The van der Waals surface area contributed by atoms with Gasteiger partial charge in [-0.15, -0.1) is 0 Å². The highest BCUT2D eigenvalue weighted by atomic mass is 32.1. The van der Waals surface area contributed by atoms with Crippen molar-refractivity contribution in [3.8, 4) is 0 Å². The molecule has 1 fully saturated rings. The molecule has 0 bridgehead atoms. The molecule has 0 unspecified atom stereocenters. The van der Waals surface area contributed by atoms with Gasteiger partial charge < -0.3 is 9.80 Å². The van der Waals surface area contributed by atoms with E-state index in [-0.39, 0.29) is 5.91 Å². The van der Waals surface area contributed by atoms with Gasteiger partial charge in [-0.05, 0) is 38.7 Å². The Labute approximate surface area is 146 Å². The van der Waals surface area contributed by atoms with E-state index >= 15 is 0 Å². The predicted octanol–water partition coefficient (Wildman–Crippen LogP) is 1.88. The zero-order valence-corrected chi connectivity index (χ0v) is 15.5. The molecule has 1 aliphatic rings. The fraction of sp³-hybridized carbons (Fsp3) is 0.625. The topological polar surface area (TPSA) is 67.2 Å². The highest BCUT2D eigenvalue weighted by molar-refractivity contribution is 7.09. The number of rotatable bonds is 4. The third-order valence-electron chi connectivity index (χ3n) is 4.61. The van der Waals surface area contributed by atoms with Crippen LogP contribution >= 0.6 is 11.5 Å². The fourth-order valence-corrected chi connectivity index (χ4v) is 3.78. The zero-order valence-electron chi connectivity index (χ0n) is 14.7. The summed E-state index contributed by atoms with van der Waals surface area (Å²) in [6, 6.07) is 1.85. The van der Waals surface area contributed by atoms with Crippen LogP contribution in [-0.2, 0) is 7.05 Å². The van der Waals surface area contributed by atoms with Gasteiger partial charge in [-0.2, -0.15) is 9.47 Å². The van der Waals surface area contributed by atoms with E-state index in [0.717, 1.165) is 49.1 Å². The van der Waals surface area contributed by atoms with Crippen LogP contribution < -0.4 is 4.90 Å². The summed E-state index contributed by atoms with van der Waals surface area (Å²) in [6.45, 7) is 6.60. The minimum Gasteiger partial charge on any atom is -0.347 e. The van der Waals surface area contributed by atoms with E-state index in [1.807, 2.05) is 34.0 Å². The van der Waals surface area contributed by atoms with Crippen LogP contribution in [-0.4, -0.2) is 56.6 Å². The molecule has 0 atom stereocenters. The first kappa shape index (κ1) is 16.9. The number of hydrogen-bond donors (Lipinski definition) is 0. The molecule has 2 aromatic heterocycles. The normalized spacial score (nSPS) is 15.8. The van der Waals surface area contributed by atoms with Gasteiger partial charge >= 0.3 is 0 Å². The molecule has 3 heterocycles. The lowest BCUT2D eigenvalue weighted by Crippen LogP contribution is -2.39. The molecular weight excluding hydrogens is 324 g/mol. The summed E-state index contributed by atoms with van der Waals surface area (Å²) in [4.78, 5) is 21.1. The molecule has 0 aromatic carbocycles. The van der Waals surface area contributed by atoms with E-state index < -0.39 is 0 Å². The lowest BCUT2D eigenvalue weighted by atomic mass is 9.96. The number of nitrogens with zero attached hydrogens (tertiary/aromatic N) is 6. The maximum Gasteiger partial charge on any atom is 0.274 e. The minimum absolute atomic E-state index is 0.000813. The summed E-state index contributed by atoms with van der Waals surface area (Å²) in [5.41, 5.74) is 1.52. The van der Waals surface area contributed by atoms with Gasteiger partial charge in [0.2, 0.25) is 5.13 Å². The van der Waals surface area contributed by atoms with Gasteiger partial charge in [0.25, 0.3) is 5.91 Å². The molecule has 24 heavy (non-hydrogen) atoms. The third kappa shape index (κ3) is 3.58. The van der Waals surface area contributed by atoms with E-state index in [1.54, 1.807) is 9.58 Å². The fourth-order valence-electron chi connectivity index (χ4n) is 3.05. The number of carbonyl (C=O) groups is 1. The minimum atomic E-state index is 0.000813. The van der Waals surface area contributed by atoms with E-state index in [0.29, 0.717) is 11.6 Å². The Morgan fingerprint density at radius 2 is 2.08 bits per heavy atom. The average molecular weight is 348 g/mol. The predicted molar refractivity (Wildman–Crippen MR) is 94.5 cm³/mol. The molecule has 0 radical (unpaired) electrons. The van der Waals surface area contributed by atoms with Gasteiger partial charge in [-0.3, -0.25) is 9.48 Å². The molecule has 0 saturated carbocycles. The highest BCUT2D eigenvalue weighted by Gasteiger charge is 2.25. The first-order chi connectivity index (χ1) is 11.4. The monoisotopic (exact) mass is 348 g/mol. The summed E-state index contributed by atoms with van der Waals surface area (Å²) in [5.74, 6) is 1.36. The summed E-state index contributed by atoms with van der Waals surface area (Å²) in [7, 11) is 3.73. The van der Waals surface area contributed by atoms with Crippen LogP contribution in [0, 0.1) is 19.8 Å². The third-order valence-corrected chi connectivity index (χ3v) is 5.48. The first-order valence-corrected chi connectivity index (χ1v) is 9.02. The molecule has 7 nitrogen and oxygen atoms in total. The van der Waals surface area contributed by atoms with Crippen molar-refractivity contribution in [1.82, 2.24) is 24.0 Å². The van der Waals surface area contributed by atoms with Crippen LogP contribution in [0.2, 0.25) is 0 Å². The van der Waals surface area contributed by atoms with E-state index in [9.17, 15) is 4.79 Å². The van der Waals surface area contributed by atoms with Crippen molar-refractivity contribution in [1.29, 1.82) is 0 Å². The second kappa shape index (κ2) is 6.88. The standard InChI is InChI=1S/C16H24N6OS/c1-11-9-14(18-21(11)4)15(23)20(3)10-13-5-7-22(8-6-13)16-17-12(2)19-24-16/h9,13H,5-8,10H2,1-4H3. The Balaban J connectivity index is 1.52. The smallest absolute Gasteiger partial charge is 0.274 e. The Hall–Kier alpha value is -1.96. The molecule has 3 rings (SSSR count). The number of piperidine rings is 1. The van der Waals surface area contributed by atoms with Gasteiger partial charge in [0.15, 0.2) is 5.69 Å². The Kier molecular flexibility index (Phi) is 4.84. The van der Waals surface area contributed by atoms with E-state index in [1.165, 1.54) is 11.5 Å². The molecule has 8 heteroatoms.